The van der Waals surface area contributed by atoms with Crippen molar-refractivity contribution in [3.63, 3.8) is 0 Å². The van der Waals surface area contributed by atoms with Gasteiger partial charge in [-0.3, -0.25) is 4.79 Å². The largest absolute Gasteiger partial charge is 0.290 e. The first-order valence-corrected chi connectivity index (χ1v) is 22.8. The lowest BCUT2D eigenvalue weighted by molar-refractivity contribution is 0.102. The summed E-state index contributed by atoms with van der Waals surface area (Å²) in [5.74, 6) is -71.3. The molecule has 0 aliphatic carbocycles. The van der Waals surface area contributed by atoms with Crippen LogP contribution in [0.2, 0.25) is 5.02 Å². The summed E-state index contributed by atoms with van der Waals surface area (Å²) in [6.45, 7) is 0. The van der Waals surface area contributed by atoms with Crippen LogP contribution in [0.4, 0.5) is 87.8 Å². The maximum atomic E-state index is 15.4. The lowest BCUT2D eigenvalue weighted by Gasteiger charge is -2.44. The third-order valence-corrected chi connectivity index (χ3v) is 16.4. The van der Waals surface area contributed by atoms with Gasteiger partial charge in [-0.1, -0.05) is 66.2 Å². The van der Waals surface area contributed by atoms with Crippen LogP contribution in [0.1, 0.15) is 10.4 Å². The zero-order valence-electron chi connectivity index (χ0n) is 36.0. The molecule has 0 aliphatic rings. The fraction of sp³-hybridized carbons (Fsp3) is 0.0200. The fourth-order valence-corrected chi connectivity index (χ4v) is 12.8. The van der Waals surface area contributed by atoms with E-state index < -0.39 is 152 Å². The Kier molecular flexibility index (Phi) is 15.5. The van der Waals surface area contributed by atoms with E-state index in [4.69, 9.17) is 11.6 Å². The van der Waals surface area contributed by atoms with Gasteiger partial charge < -0.3 is 0 Å². The molecule has 24 heteroatoms. The van der Waals surface area contributed by atoms with Crippen LogP contribution in [0, 0.1) is 116 Å². The molecule has 0 fully saturated rings. The smallest absolute Gasteiger partial charge is 0.201 e. The fourth-order valence-electron chi connectivity index (χ4n) is 8.59. The molecule has 0 spiro atoms. The molecule has 1 nitrogen and oxygen atoms in total. The van der Waals surface area contributed by atoms with Gasteiger partial charge in [0.15, 0.2) is 69.8 Å². The number of ketones is 1. The highest BCUT2D eigenvalue weighted by molar-refractivity contribution is 7.96. The molecular formula is C50H21BClF20OP. The van der Waals surface area contributed by atoms with Gasteiger partial charge in [0.25, 0.3) is 0 Å². The Hall–Kier alpha value is -7.19. The molecule has 0 heterocycles. The van der Waals surface area contributed by atoms with Crippen molar-refractivity contribution in [2.24, 2.45) is 0 Å². The number of benzene rings is 8. The van der Waals surface area contributed by atoms with E-state index in [9.17, 15) is 57.5 Å². The van der Waals surface area contributed by atoms with E-state index in [0.29, 0.717) is 16.7 Å². The molecule has 0 saturated carbocycles. The predicted molar refractivity (Wildman–Crippen MR) is 235 cm³/mol. The maximum absolute atomic E-state index is 15.4. The molecule has 0 atom stereocenters. The van der Waals surface area contributed by atoms with Gasteiger partial charge in [-0.25, -0.2) is 87.8 Å². The predicted octanol–water partition coefficient (Wildman–Crippen LogP) is 11.4. The van der Waals surface area contributed by atoms with E-state index >= 15 is 35.1 Å². The number of hydrogen-bond donors (Lipinski definition) is 0. The zero-order valence-corrected chi connectivity index (χ0v) is 37.7. The van der Waals surface area contributed by atoms with Gasteiger partial charge in [-0.05, 0) is 60.7 Å². The molecule has 382 valence electrons. The number of halogens is 21. The van der Waals surface area contributed by atoms with Gasteiger partial charge in [0.2, 0.25) is 5.78 Å². The van der Waals surface area contributed by atoms with E-state index in [1.54, 1.807) is 12.1 Å². The summed E-state index contributed by atoms with van der Waals surface area (Å²) in [5.41, 5.74) is -13.6. The van der Waals surface area contributed by atoms with Crippen molar-refractivity contribution in [3.05, 3.63) is 242 Å². The summed E-state index contributed by atoms with van der Waals surface area (Å²) >= 11 is 6.03. The third kappa shape index (κ3) is 8.74. The van der Waals surface area contributed by atoms with Crippen LogP contribution < -0.4 is 37.8 Å². The third-order valence-electron chi connectivity index (χ3n) is 11.8. The molecule has 0 unspecified atom stereocenters. The number of hydrogen-bond acceptors (Lipinski definition) is 1. The van der Waals surface area contributed by atoms with Gasteiger partial charge in [0.05, 0.1) is 0 Å². The first kappa shape index (κ1) is 54.6. The van der Waals surface area contributed by atoms with Crippen molar-refractivity contribution < 1.29 is 92.6 Å². The molecule has 8 aromatic rings. The van der Waals surface area contributed by atoms with Crippen LogP contribution >= 0.6 is 18.9 Å². The van der Waals surface area contributed by atoms with E-state index in [0.717, 1.165) is 0 Å². The maximum Gasteiger partial charge on any atom is 0.201 e. The van der Waals surface area contributed by atoms with Crippen LogP contribution in [-0.4, -0.2) is 18.1 Å². The van der Waals surface area contributed by atoms with Crippen LogP contribution in [0.15, 0.2) is 115 Å². The minimum atomic E-state index is -7.22. The topological polar surface area (TPSA) is 17.1 Å². The second kappa shape index (κ2) is 21.0. The Bertz CT molecular complexity index is 3020. The van der Waals surface area contributed by atoms with Gasteiger partial charge in [-0.15, -0.1) is 21.9 Å². The van der Waals surface area contributed by atoms with Crippen LogP contribution in [0.5, 0.6) is 0 Å². The summed E-state index contributed by atoms with van der Waals surface area (Å²) in [4.78, 5) is 13.5. The Morgan fingerprint density at radius 2 is 0.514 bits per heavy atom. The van der Waals surface area contributed by atoms with Crippen LogP contribution in [0.3, 0.4) is 0 Å². The molecule has 74 heavy (non-hydrogen) atoms. The zero-order chi connectivity index (χ0) is 54.5. The molecule has 8 aromatic carbocycles. The Balaban J connectivity index is 0.000000237. The van der Waals surface area contributed by atoms with Crippen molar-refractivity contribution in [3.8, 4) is 0 Å². The number of carbonyl (C=O) groups is 1. The number of carbonyl (C=O) groups excluding carboxylic acids is 1. The summed E-state index contributed by atoms with van der Waals surface area (Å²) in [6, 6.07) is 38.6. The van der Waals surface area contributed by atoms with Gasteiger partial charge in [0, 0.05) is 10.6 Å². The van der Waals surface area contributed by atoms with Gasteiger partial charge in [0.1, 0.15) is 82.0 Å². The van der Waals surface area contributed by atoms with E-state index in [1.807, 2.05) is 30.3 Å². The standard InChI is InChI=1S/C26H21ClOP.C24BF20/c27-22-18-16-21(17-19-22)26(28)20-29(23-10-4-1-5-11-23,24-12-6-2-7-13-24)25-14-8-3-9-15-25;26-5-1(6(27)14(35)21(42)13(5)34)25(2-7(28)15(36)22(43)16(37)8(2)29,3-9(30)17(38)23(44)18(39)10(3)31)4-11(32)19(40)24(45)20(41)12(4)33/h1-19H,20H2;/q+1;-1. The number of rotatable bonds is 10. The average molecular weight is 1090 g/mol. The quantitative estimate of drug-likeness (QED) is 0.0333. The highest BCUT2D eigenvalue weighted by atomic mass is 35.5. The van der Waals surface area contributed by atoms with Crippen molar-refractivity contribution in [2.75, 3.05) is 6.16 Å². The molecule has 0 radical (unpaired) electrons. The number of Topliss-reactive ketones (excluding diaryl/α,β-unsaturated/α-hetero) is 1. The van der Waals surface area contributed by atoms with Crippen molar-refractivity contribution in [2.45, 2.75) is 0 Å². The molecule has 0 amide bonds. The van der Waals surface area contributed by atoms with E-state index in [1.165, 1.54) is 15.9 Å². The van der Waals surface area contributed by atoms with E-state index in [2.05, 4.69) is 72.8 Å². The first-order chi connectivity index (χ1) is 34.9. The lowest BCUT2D eigenvalue weighted by Crippen LogP contribution is -2.81. The summed E-state index contributed by atoms with van der Waals surface area (Å²) < 4.78 is 294. The molecule has 0 aliphatic heterocycles. The van der Waals surface area contributed by atoms with Crippen molar-refractivity contribution >= 4 is 68.6 Å². The highest BCUT2D eigenvalue weighted by Crippen LogP contribution is 2.55. The second-order valence-electron chi connectivity index (χ2n) is 15.7. The lowest BCUT2D eigenvalue weighted by atomic mass is 9.12. The summed E-state index contributed by atoms with van der Waals surface area (Å²) in [6.07, 6.45) is -6.78. The molecule has 8 rings (SSSR count). The minimum Gasteiger partial charge on any atom is -0.290 e. The Morgan fingerprint density at radius 3 is 0.730 bits per heavy atom. The van der Waals surface area contributed by atoms with E-state index in [-0.39, 0.29) is 5.78 Å². The Labute approximate surface area is 408 Å². The normalized spacial score (nSPS) is 11.7. The summed E-state index contributed by atoms with van der Waals surface area (Å²) in [7, 11) is -2.17. The van der Waals surface area contributed by atoms with Gasteiger partial charge in [-0.2, -0.15) is 0 Å². The molecule has 0 aromatic heterocycles. The van der Waals surface area contributed by atoms with Gasteiger partial charge >= 0.3 is 0 Å². The molecule has 0 N–H and O–H groups in total. The monoisotopic (exact) mass is 1090 g/mol. The van der Waals surface area contributed by atoms with Crippen molar-refractivity contribution in [1.82, 2.24) is 0 Å². The highest BCUT2D eigenvalue weighted by Gasteiger charge is 2.53. The van der Waals surface area contributed by atoms with Crippen LogP contribution in [-0.2, 0) is 0 Å². The molecular weight excluding hydrogens is 1070 g/mol. The van der Waals surface area contributed by atoms with Crippen LogP contribution in [0.25, 0.3) is 0 Å². The minimum absolute atomic E-state index is 0.131. The second-order valence-corrected chi connectivity index (χ2v) is 19.6. The summed E-state index contributed by atoms with van der Waals surface area (Å²) in [5, 5.41) is 4.26. The Morgan fingerprint density at radius 1 is 0.311 bits per heavy atom. The average Bonchev–Trinajstić information content (AvgIpc) is 3.41. The SMILES string of the molecule is Fc1c(F)c(F)c([B-](c2c(F)c(F)c(F)c(F)c2F)(c2c(F)c(F)c(F)c(F)c2F)c2c(F)c(F)c(F)c(F)c2F)c(F)c1F.O=C(C[P+](c1ccccc1)(c1ccccc1)c1ccccc1)c1ccc(Cl)cc1. The van der Waals surface area contributed by atoms with Crippen molar-refractivity contribution in [1.29, 1.82) is 0 Å². The molecule has 0 saturated heterocycles. The molecule has 0 bridgehead atoms. The first-order valence-electron chi connectivity index (χ1n) is 20.5.